The van der Waals surface area contributed by atoms with Gasteiger partial charge in [0.25, 0.3) is 0 Å². The first-order chi connectivity index (χ1) is 11.5. The zero-order chi connectivity index (χ0) is 17.5. The van der Waals surface area contributed by atoms with E-state index in [0.29, 0.717) is 5.69 Å². The Labute approximate surface area is 141 Å². The van der Waals surface area contributed by atoms with E-state index < -0.39 is 18.0 Å². The number of anilines is 2. The van der Waals surface area contributed by atoms with Crippen molar-refractivity contribution in [2.45, 2.75) is 6.92 Å². The van der Waals surface area contributed by atoms with E-state index in [4.69, 9.17) is 4.74 Å². The van der Waals surface area contributed by atoms with Crippen LogP contribution >= 0.6 is 11.3 Å². The maximum atomic E-state index is 12.0. The van der Waals surface area contributed by atoms with Gasteiger partial charge in [0.15, 0.2) is 10.8 Å². The molecule has 2 rings (SSSR count). The van der Waals surface area contributed by atoms with Crippen molar-refractivity contribution in [3.05, 3.63) is 40.9 Å². The number of hydrogen-bond acceptors (Lipinski definition) is 7. The molecular weight excluding hydrogens is 334 g/mol. The van der Waals surface area contributed by atoms with Crippen LogP contribution in [0.5, 0.6) is 0 Å². The molecule has 1 aromatic carbocycles. The maximum absolute atomic E-state index is 12.0. The van der Waals surface area contributed by atoms with E-state index >= 15 is 0 Å². The Morgan fingerprint density at radius 3 is 2.62 bits per heavy atom. The Hall–Kier alpha value is -2.94. The second kappa shape index (κ2) is 8.06. The number of nitrogens with one attached hydrogen (secondary N) is 2. The van der Waals surface area contributed by atoms with E-state index in [-0.39, 0.29) is 23.0 Å². The first-order valence-electron chi connectivity index (χ1n) is 6.93. The number of aromatic nitrogens is 1. The number of benzene rings is 1. The highest BCUT2D eigenvalue weighted by molar-refractivity contribution is 7.14. The number of nitrogens with zero attached hydrogens (tertiary/aromatic N) is 1. The number of ether oxygens (including phenoxy) is 2. The zero-order valence-corrected chi connectivity index (χ0v) is 13.8. The van der Waals surface area contributed by atoms with Gasteiger partial charge in [0.2, 0.25) is 0 Å². The van der Waals surface area contributed by atoms with Crippen LogP contribution in [0.2, 0.25) is 0 Å². The number of amides is 2. The average molecular weight is 349 g/mol. The summed E-state index contributed by atoms with van der Waals surface area (Å²) in [4.78, 5) is 39.2. The molecule has 0 aliphatic rings. The predicted octanol–water partition coefficient (Wildman–Crippen LogP) is 2.75. The lowest BCUT2D eigenvalue weighted by Crippen LogP contribution is -2.21. The highest BCUT2D eigenvalue weighted by atomic mass is 32.1. The molecule has 0 bridgehead atoms. The lowest BCUT2D eigenvalue weighted by atomic mass is 10.2. The Bertz CT molecular complexity index is 759. The standard InChI is InChI=1S/C15H15N3O5S/c1-3-23-13(20)11-8-24-15(17-11)18-14(21)16-10-7-5-4-6-9(10)12(19)22-2/h4-8H,3H2,1-2H3,(H2,16,17,18,21). The molecule has 0 spiro atoms. The first kappa shape index (κ1) is 17.4. The largest absolute Gasteiger partial charge is 0.465 e. The molecule has 24 heavy (non-hydrogen) atoms. The minimum atomic E-state index is -0.601. The number of esters is 2. The van der Waals surface area contributed by atoms with Crippen molar-refractivity contribution in [2.24, 2.45) is 0 Å². The third-order valence-electron chi connectivity index (χ3n) is 2.79. The molecule has 2 aromatic rings. The molecule has 2 amide bonds. The highest BCUT2D eigenvalue weighted by Gasteiger charge is 2.15. The molecule has 9 heteroatoms. The van der Waals surface area contributed by atoms with Crippen LogP contribution in [0.3, 0.4) is 0 Å². The predicted molar refractivity (Wildman–Crippen MR) is 88.5 cm³/mol. The maximum Gasteiger partial charge on any atom is 0.357 e. The van der Waals surface area contributed by atoms with Gasteiger partial charge in [-0.2, -0.15) is 0 Å². The smallest absolute Gasteiger partial charge is 0.357 e. The molecule has 0 fully saturated rings. The quantitative estimate of drug-likeness (QED) is 0.804. The molecule has 0 aliphatic carbocycles. The van der Waals surface area contributed by atoms with Crippen LogP contribution in [-0.2, 0) is 9.47 Å². The monoisotopic (exact) mass is 349 g/mol. The van der Waals surface area contributed by atoms with Crippen LogP contribution in [0.1, 0.15) is 27.8 Å². The molecule has 0 saturated carbocycles. The fraction of sp³-hybridized carbons (Fsp3) is 0.200. The normalized spacial score (nSPS) is 9.92. The lowest BCUT2D eigenvalue weighted by molar-refractivity contribution is 0.0519. The number of carbonyl (C=O) groups excluding carboxylic acids is 3. The van der Waals surface area contributed by atoms with Gasteiger partial charge >= 0.3 is 18.0 Å². The van der Waals surface area contributed by atoms with Crippen molar-refractivity contribution in [2.75, 3.05) is 24.4 Å². The summed E-state index contributed by atoms with van der Waals surface area (Å²) in [5.41, 5.74) is 0.637. The zero-order valence-electron chi connectivity index (χ0n) is 13.0. The van der Waals surface area contributed by atoms with Crippen molar-refractivity contribution in [1.82, 2.24) is 4.98 Å². The molecular formula is C15H15N3O5S. The fourth-order valence-electron chi connectivity index (χ4n) is 1.76. The Morgan fingerprint density at radius 2 is 1.92 bits per heavy atom. The minimum absolute atomic E-state index is 0.118. The van der Waals surface area contributed by atoms with Crippen molar-refractivity contribution >= 4 is 40.1 Å². The molecule has 1 heterocycles. The summed E-state index contributed by atoms with van der Waals surface area (Å²) in [6, 6.07) is 5.82. The molecule has 0 saturated heterocycles. The summed E-state index contributed by atoms with van der Waals surface area (Å²) in [6.45, 7) is 1.93. The molecule has 2 N–H and O–H groups in total. The molecule has 0 aliphatic heterocycles. The fourth-order valence-corrected chi connectivity index (χ4v) is 2.44. The summed E-state index contributed by atoms with van der Waals surface area (Å²) in [7, 11) is 1.26. The van der Waals surface area contributed by atoms with Crippen molar-refractivity contribution < 1.29 is 23.9 Å². The van der Waals surface area contributed by atoms with Crippen LogP contribution in [0, 0.1) is 0 Å². The van der Waals surface area contributed by atoms with Gasteiger partial charge in [0.1, 0.15) is 0 Å². The van der Waals surface area contributed by atoms with Gasteiger partial charge in [-0.05, 0) is 19.1 Å². The van der Waals surface area contributed by atoms with Gasteiger partial charge in [0, 0.05) is 5.38 Å². The van der Waals surface area contributed by atoms with Gasteiger partial charge in [0.05, 0.1) is 25.0 Å². The summed E-state index contributed by atoms with van der Waals surface area (Å²) in [5.74, 6) is -1.12. The number of para-hydroxylation sites is 1. The van der Waals surface area contributed by atoms with Crippen LogP contribution in [0.25, 0.3) is 0 Å². The van der Waals surface area contributed by atoms with Crippen molar-refractivity contribution in [3.63, 3.8) is 0 Å². The minimum Gasteiger partial charge on any atom is -0.465 e. The molecule has 0 unspecified atom stereocenters. The summed E-state index contributed by atoms with van der Waals surface area (Å²) in [5, 5.41) is 6.74. The van der Waals surface area contributed by atoms with E-state index in [9.17, 15) is 14.4 Å². The number of rotatable bonds is 5. The molecule has 0 radical (unpaired) electrons. The second-order valence-corrected chi connectivity index (χ2v) is 5.23. The van der Waals surface area contributed by atoms with Gasteiger partial charge in [-0.25, -0.2) is 19.4 Å². The third-order valence-corrected chi connectivity index (χ3v) is 3.55. The molecule has 8 nitrogen and oxygen atoms in total. The average Bonchev–Trinajstić information content (AvgIpc) is 3.03. The third kappa shape index (κ3) is 4.29. The first-order valence-corrected chi connectivity index (χ1v) is 7.81. The molecule has 0 atom stereocenters. The van der Waals surface area contributed by atoms with Gasteiger partial charge < -0.3 is 14.8 Å². The number of thiazole rings is 1. The van der Waals surface area contributed by atoms with Gasteiger partial charge in [-0.3, -0.25) is 5.32 Å². The Kier molecular flexibility index (Phi) is 5.85. The van der Waals surface area contributed by atoms with Crippen LogP contribution in [-0.4, -0.2) is 36.7 Å². The van der Waals surface area contributed by atoms with E-state index in [0.717, 1.165) is 11.3 Å². The van der Waals surface area contributed by atoms with Gasteiger partial charge in [-0.1, -0.05) is 12.1 Å². The van der Waals surface area contributed by atoms with E-state index in [1.54, 1.807) is 25.1 Å². The van der Waals surface area contributed by atoms with Crippen molar-refractivity contribution in [3.8, 4) is 0 Å². The summed E-state index contributed by atoms with van der Waals surface area (Å²) in [6.07, 6.45) is 0. The topological polar surface area (TPSA) is 107 Å². The number of hydrogen-bond donors (Lipinski definition) is 2. The highest BCUT2D eigenvalue weighted by Crippen LogP contribution is 2.19. The van der Waals surface area contributed by atoms with E-state index in [1.807, 2.05) is 0 Å². The Balaban J connectivity index is 2.04. The second-order valence-electron chi connectivity index (χ2n) is 4.37. The summed E-state index contributed by atoms with van der Waals surface area (Å²) >= 11 is 1.08. The lowest BCUT2D eigenvalue weighted by Gasteiger charge is -2.09. The number of methoxy groups -OCH3 is 1. The molecule has 1 aromatic heterocycles. The van der Waals surface area contributed by atoms with Crippen LogP contribution in [0.4, 0.5) is 15.6 Å². The van der Waals surface area contributed by atoms with Crippen LogP contribution in [0.15, 0.2) is 29.6 Å². The van der Waals surface area contributed by atoms with Crippen molar-refractivity contribution in [1.29, 1.82) is 0 Å². The SMILES string of the molecule is CCOC(=O)c1csc(NC(=O)Nc2ccccc2C(=O)OC)n1. The van der Waals surface area contributed by atoms with Gasteiger partial charge in [-0.15, -0.1) is 11.3 Å². The number of carbonyl (C=O) groups is 3. The summed E-state index contributed by atoms with van der Waals surface area (Å²) < 4.78 is 9.48. The molecule has 126 valence electrons. The number of urea groups is 1. The van der Waals surface area contributed by atoms with Crippen LogP contribution < -0.4 is 10.6 Å². The van der Waals surface area contributed by atoms with E-state index in [1.165, 1.54) is 18.6 Å². The van der Waals surface area contributed by atoms with E-state index in [2.05, 4.69) is 20.4 Å². The Morgan fingerprint density at radius 1 is 1.17 bits per heavy atom.